The summed E-state index contributed by atoms with van der Waals surface area (Å²) in [5.74, 6) is 0. The van der Waals surface area contributed by atoms with Crippen LogP contribution in [0.25, 0.3) is 9.88 Å². The minimum atomic E-state index is 0.337. The molecule has 2 aromatic heterocycles. The summed E-state index contributed by atoms with van der Waals surface area (Å²) < 4.78 is 0. The predicted molar refractivity (Wildman–Crippen MR) is 74.6 cm³/mol. The fraction of sp³-hybridized carbons (Fsp3) is 0.455. The fourth-order valence-electron chi connectivity index (χ4n) is 1.43. The highest BCUT2D eigenvalue weighted by atomic mass is 79.9. The van der Waals surface area contributed by atoms with E-state index >= 15 is 0 Å². The van der Waals surface area contributed by atoms with Gasteiger partial charge in [0.2, 0.25) is 0 Å². The molecule has 2 rings (SSSR count). The van der Waals surface area contributed by atoms with Crippen LogP contribution < -0.4 is 0 Å². The summed E-state index contributed by atoms with van der Waals surface area (Å²) in [4.78, 5) is 1.62. The van der Waals surface area contributed by atoms with Crippen LogP contribution in [0.5, 0.6) is 0 Å². The SMILES string of the molecule is CCc1ccsc1-c1nnc(C(Br)CC)s1. The van der Waals surface area contributed by atoms with E-state index in [4.69, 9.17) is 0 Å². The van der Waals surface area contributed by atoms with Gasteiger partial charge in [0.1, 0.15) is 5.01 Å². The van der Waals surface area contributed by atoms with E-state index in [2.05, 4.69) is 51.4 Å². The monoisotopic (exact) mass is 316 g/mol. The van der Waals surface area contributed by atoms with E-state index < -0.39 is 0 Å². The third kappa shape index (κ3) is 2.36. The number of nitrogens with zero attached hydrogens (tertiary/aromatic N) is 2. The molecule has 0 aliphatic heterocycles. The van der Waals surface area contributed by atoms with Crippen molar-refractivity contribution >= 4 is 38.6 Å². The Morgan fingerprint density at radius 2 is 2.19 bits per heavy atom. The largest absolute Gasteiger partial charge is 0.158 e. The Bertz CT molecular complexity index is 464. The number of thiophene rings is 1. The molecule has 2 heterocycles. The maximum Gasteiger partial charge on any atom is 0.158 e. The topological polar surface area (TPSA) is 25.8 Å². The molecule has 0 fully saturated rings. The number of aromatic nitrogens is 2. The zero-order valence-electron chi connectivity index (χ0n) is 9.24. The second kappa shape index (κ2) is 5.38. The summed E-state index contributed by atoms with van der Waals surface area (Å²) in [5, 5.41) is 12.8. The molecule has 0 aliphatic rings. The summed E-state index contributed by atoms with van der Waals surface area (Å²) in [7, 11) is 0. The first-order chi connectivity index (χ1) is 7.76. The van der Waals surface area contributed by atoms with Crippen LogP contribution in [0.15, 0.2) is 11.4 Å². The molecule has 2 nitrogen and oxygen atoms in total. The molecule has 1 atom stereocenters. The average molecular weight is 317 g/mol. The van der Waals surface area contributed by atoms with Gasteiger partial charge in [-0.1, -0.05) is 41.1 Å². The lowest BCUT2D eigenvalue weighted by atomic mass is 10.2. The molecule has 0 spiro atoms. The Morgan fingerprint density at radius 1 is 1.38 bits per heavy atom. The zero-order chi connectivity index (χ0) is 11.5. The smallest absolute Gasteiger partial charge is 0.142 e. The van der Waals surface area contributed by atoms with Crippen molar-refractivity contribution in [1.29, 1.82) is 0 Å². The van der Waals surface area contributed by atoms with E-state index in [1.54, 1.807) is 22.7 Å². The van der Waals surface area contributed by atoms with Gasteiger partial charge in [-0.05, 0) is 29.9 Å². The Kier molecular flexibility index (Phi) is 4.10. The van der Waals surface area contributed by atoms with Gasteiger partial charge in [0.15, 0.2) is 5.01 Å². The highest BCUT2D eigenvalue weighted by Crippen LogP contribution is 2.36. The second-order valence-electron chi connectivity index (χ2n) is 3.45. The zero-order valence-corrected chi connectivity index (χ0v) is 12.5. The Balaban J connectivity index is 2.31. The molecule has 16 heavy (non-hydrogen) atoms. The maximum atomic E-state index is 4.29. The summed E-state index contributed by atoms with van der Waals surface area (Å²) in [6.45, 7) is 4.32. The van der Waals surface area contributed by atoms with Crippen LogP contribution in [-0.4, -0.2) is 10.2 Å². The molecule has 0 saturated carbocycles. The lowest BCUT2D eigenvalue weighted by molar-refractivity contribution is 0.870. The minimum Gasteiger partial charge on any atom is -0.142 e. The number of rotatable bonds is 4. The molecule has 0 aromatic carbocycles. The molecule has 0 N–H and O–H groups in total. The Hall–Kier alpha value is -0.260. The van der Waals surface area contributed by atoms with E-state index in [1.807, 2.05) is 0 Å². The minimum absolute atomic E-state index is 0.337. The molecule has 5 heteroatoms. The third-order valence-corrected chi connectivity index (χ3v) is 5.92. The maximum absolute atomic E-state index is 4.29. The quantitative estimate of drug-likeness (QED) is 0.766. The normalized spacial score (nSPS) is 12.9. The van der Waals surface area contributed by atoms with Gasteiger partial charge >= 0.3 is 0 Å². The average Bonchev–Trinajstić information content (AvgIpc) is 2.95. The van der Waals surface area contributed by atoms with E-state index in [-0.39, 0.29) is 0 Å². The van der Waals surface area contributed by atoms with Crippen molar-refractivity contribution in [3.8, 4) is 9.88 Å². The van der Waals surface area contributed by atoms with E-state index in [9.17, 15) is 0 Å². The van der Waals surface area contributed by atoms with Crippen LogP contribution in [0, 0.1) is 0 Å². The summed E-state index contributed by atoms with van der Waals surface area (Å²) in [6, 6.07) is 2.17. The van der Waals surface area contributed by atoms with Crippen molar-refractivity contribution in [2.75, 3.05) is 0 Å². The predicted octanol–water partition coefficient (Wildman–Crippen LogP) is 4.68. The summed E-state index contributed by atoms with van der Waals surface area (Å²) >= 11 is 7.06. The van der Waals surface area contributed by atoms with E-state index in [1.165, 1.54) is 10.4 Å². The van der Waals surface area contributed by atoms with Crippen LogP contribution in [0.3, 0.4) is 0 Å². The molecule has 0 radical (unpaired) electrons. The molecule has 0 aliphatic carbocycles. The van der Waals surface area contributed by atoms with Crippen LogP contribution in [0.2, 0.25) is 0 Å². The fourth-order valence-corrected chi connectivity index (χ4v) is 3.82. The number of halogens is 1. The second-order valence-corrected chi connectivity index (χ2v) is 6.48. The first-order valence-corrected chi connectivity index (χ1v) is 7.91. The highest BCUT2D eigenvalue weighted by Gasteiger charge is 2.15. The van der Waals surface area contributed by atoms with Gasteiger partial charge in [-0.25, -0.2) is 0 Å². The van der Waals surface area contributed by atoms with Gasteiger partial charge in [0.25, 0.3) is 0 Å². The summed E-state index contributed by atoms with van der Waals surface area (Å²) in [5.41, 5.74) is 1.37. The van der Waals surface area contributed by atoms with Gasteiger partial charge in [-0.3, -0.25) is 0 Å². The number of alkyl halides is 1. The van der Waals surface area contributed by atoms with Crippen molar-refractivity contribution in [1.82, 2.24) is 10.2 Å². The van der Waals surface area contributed by atoms with Crippen LogP contribution in [0.4, 0.5) is 0 Å². The number of hydrogen-bond donors (Lipinski definition) is 0. The van der Waals surface area contributed by atoms with Crippen LogP contribution in [-0.2, 0) is 6.42 Å². The Labute approximate surface area is 112 Å². The van der Waals surface area contributed by atoms with E-state index in [0.29, 0.717) is 4.83 Å². The van der Waals surface area contributed by atoms with Crippen molar-refractivity contribution in [2.24, 2.45) is 0 Å². The molecule has 0 amide bonds. The molecular formula is C11H13BrN2S2. The Morgan fingerprint density at radius 3 is 2.88 bits per heavy atom. The van der Waals surface area contributed by atoms with Crippen LogP contribution >= 0.6 is 38.6 Å². The molecule has 86 valence electrons. The van der Waals surface area contributed by atoms with Crippen molar-refractivity contribution in [3.63, 3.8) is 0 Å². The van der Waals surface area contributed by atoms with Gasteiger partial charge in [-0.15, -0.1) is 21.5 Å². The van der Waals surface area contributed by atoms with Gasteiger partial charge in [-0.2, -0.15) is 0 Å². The highest BCUT2D eigenvalue weighted by molar-refractivity contribution is 9.09. The van der Waals surface area contributed by atoms with Gasteiger partial charge in [0, 0.05) is 0 Å². The van der Waals surface area contributed by atoms with Gasteiger partial charge in [0.05, 0.1) is 9.70 Å². The van der Waals surface area contributed by atoms with Crippen molar-refractivity contribution < 1.29 is 0 Å². The molecule has 2 aromatic rings. The lowest BCUT2D eigenvalue weighted by Gasteiger charge is -1.98. The van der Waals surface area contributed by atoms with Crippen molar-refractivity contribution in [2.45, 2.75) is 31.5 Å². The number of aryl methyl sites for hydroxylation is 1. The van der Waals surface area contributed by atoms with Crippen molar-refractivity contribution in [3.05, 3.63) is 22.0 Å². The van der Waals surface area contributed by atoms with E-state index in [0.717, 1.165) is 22.9 Å². The lowest BCUT2D eigenvalue weighted by Crippen LogP contribution is -1.84. The molecule has 0 bridgehead atoms. The first-order valence-electron chi connectivity index (χ1n) is 5.30. The molecular weight excluding hydrogens is 304 g/mol. The molecule has 0 saturated heterocycles. The number of hydrogen-bond acceptors (Lipinski definition) is 4. The van der Waals surface area contributed by atoms with Gasteiger partial charge < -0.3 is 0 Å². The third-order valence-electron chi connectivity index (χ3n) is 2.39. The first kappa shape index (κ1) is 12.2. The molecule has 1 unspecified atom stereocenters. The summed E-state index contributed by atoms with van der Waals surface area (Å²) in [6.07, 6.45) is 2.10. The standard InChI is InChI=1S/C11H13BrN2S2/c1-3-7-5-6-15-9(7)11-14-13-10(16-11)8(12)4-2/h5-6,8H,3-4H2,1-2H3. The van der Waals surface area contributed by atoms with Crippen LogP contribution in [0.1, 0.15) is 35.7 Å².